The summed E-state index contributed by atoms with van der Waals surface area (Å²) in [4.78, 5) is 0. The van der Waals surface area contributed by atoms with Gasteiger partial charge in [0.25, 0.3) is 0 Å². The van der Waals surface area contributed by atoms with Crippen LogP contribution in [0.1, 0.15) is 11.8 Å². The van der Waals surface area contributed by atoms with E-state index in [0.717, 1.165) is 16.7 Å². The highest BCUT2D eigenvalue weighted by molar-refractivity contribution is 5.86. The van der Waals surface area contributed by atoms with Gasteiger partial charge in [-0.1, -0.05) is 6.07 Å². The number of aryl methyl sites for hydroxylation is 1. The number of hydrogen-bond donors (Lipinski definition) is 0. The van der Waals surface area contributed by atoms with E-state index in [-0.39, 0.29) is 0 Å². The second-order valence-corrected chi connectivity index (χ2v) is 4.05. The summed E-state index contributed by atoms with van der Waals surface area (Å²) in [6, 6.07) is 7.98. The number of benzene rings is 1. The largest absolute Gasteiger partial charge is 0.496 e. The molecule has 18 heavy (non-hydrogen) atoms. The number of hydrogen-bond acceptors (Lipinski definition) is 4. The molecule has 0 fully saturated rings. The standard InChI is InChI=1S/C13H13N3O2/c1-9-14-15-13(18-9)8-16-7-6-10-11(16)4-3-5-12(10)17-2/h3-7H,8H2,1-2H3. The van der Waals surface area contributed by atoms with Crippen molar-refractivity contribution >= 4 is 10.9 Å². The molecule has 0 atom stereocenters. The van der Waals surface area contributed by atoms with Gasteiger partial charge in [-0.05, 0) is 18.2 Å². The summed E-state index contributed by atoms with van der Waals surface area (Å²) in [5.41, 5.74) is 1.09. The lowest BCUT2D eigenvalue weighted by molar-refractivity contribution is 0.419. The van der Waals surface area contributed by atoms with Gasteiger partial charge in [0.2, 0.25) is 11.8 Å². The number of aromatic nitrogens is 3. The van der Waals surface area contributed by atoms with Gasteiger partial charge in [0.15, 0.2) is 0 Å². The Bertz CT molecular complexity index is 684. The highest BCUT2D eigenvalue weighted by atomic mass is 16.5. The van der Waals surface area contributed by atoms with Crippen LogP contribution in [0.25, 0.3) is 10.9 Å². The molecule has 0 aliphatic heterocycles. The lowest BCUT2D eigenvalue weighted by atomic mass is 10.2. The zero-order valence-corrected chi connectivity index (χ0v) is 10.3. The van der Waals surface area contributed by atoms with Crippen molar-refractivity contribution in [1.29, 1.82) is 0 Å². The number of fused-ring (bicyclic) bond motifs is 1. The monoisotopic (exact) mass is 243 g/mol. The van der Waals surface area contributed by atoms with Gasteiger partial charge in [-0.15, -0.1) is 10.2 Å². The fraction of sp³-hybridized carbons (Fsp3) is 0.231. The lowest BCUT2D eigenvalue weighted by Gasteiger charge is -2.04. The second-order valence-electron chi connectivity index (χ2n) is 4.05. The molecule has 0 bridgehead atoms. The topological polar surface area (TPSA) is 53.1 Å². The van der Waals surface area contributed by atoms with Crippen molar-refractivity contribution in [3.05, 3.63) is 42.2 Å². The molecule has 0 aliphatic rings. The van der Waals surface area contributed by atoms with Crippen LogP contribution in [0.5, 0.6) is 5.75 Å². The summed E-state index contributed by atoms with van der Waals surface area (Å²) in [6.45, 7) is 2.35. The van der Waals surface area contributed by atoms with Gasteiger partial charge in [0, 0.05) is 18.5 Å². The van der Waals surface area contributed by atoms with Crippen LogP contribution in [-0.4, -0.2) is 21.9 Å². The van der Waals surface area contributed by atoms with Crippen molar-refractivity contribution in [2.24, 2.45) is 0 Å². The van der Waals surface area contributed by atoms with Gasteiger partial charge in [-0.25, -0.2) is 0 Å². The van der Waals surface area contributed by atoms with Gasteiger partial charge >= 0.3 is 0 Å². The summed E-state index contributed by atoms with van der Waals surface area (Å²) >= 11 is 0. The third-order valence-electron chi connectivity index (χ3n) is 2.87. The van der Waals surface area contributed by atoms with Crippen molar-refractivity contribution in [3.8, 4) is 5.75 Å². The van der Waals surface area contributed by atoms with E-state index in [4.69, 9.17) is 9.15 Å². The number of methoxy groups -OCH3 is 1. The van der Waals surface area contributed by atoms with Crippen LogP contribution >= 0.6 is 0 Å². The van der Waals surface area contributed by atoms with Crippen LogP contribution in [0.4, 0.5) is 0 Å². The van der Waals surface area contributed by atoms with Crippen LogP contribution in [0.2, 0.25) is 0 Å². The Morgan fingerprint density at radius 1 is 1.28 bits per heavy atom. The Morgan fingerprint density at radius 3 is 2.89 bits per heavy atom. The van der Waals surface area contributed by atoms with Crippen LogP contribution in [0.15, 0.2) is 34.9 Å². The number of rotatable bonds is 3. The molecule has 0 N–H and O–H groups in total. The Morgan fingerprint density at radius 2 is 2.17 bits per heavy atom. The molecule has 0 aliphatic carbocycles. The van der Waals surface area contributed by atoms with Crippen LogP contribution in [0, 0.1) is 6.92 Å². The van der Waals surface area contributed by atoms with Gasteiger partial charge in [0.1, 0.15) is 12.3 Å². The molecule has 92 valence electrons. The summed E-state index contributed by atoms with van der Waals surface area (Å²) in [5.74, 6) is 2.06. The maximum absolute atomic E-state index is 5.39. The summed E-state index contributed by atoms with van der Waals surface area (Å²) < 4.78 is 12.8. The summed E-state index contributed by atoms with van der Waals surface area (Å²) in [7, 11) is 1.67. The van der Waals surface area contributed by atoms with Crippen molar-refractivity contribution in [2.75, 3.05) is 7.11 Å². The Labute approximate surface area is 104 Å². The average Bonchev–Trinajstić information content (AvgIpc) is 2.97. The van der Waals surface area contributed by atoms with Crippen LogP contribution in [0.3, 0.4) is 0 Å². The van der Waals surface area contributed by atoms with Crippen molar-refractivity contribution < 1.29 is 9.15 Å². The smallest absolute Gasteiger partial charge is 0.236 e. The molecule has 0 saturated carbocycles. The van der Waals surface area contributed by atoms with Gasteiger partial charge in [0.05, 0.1) is 12.6 Å². The van der Waals surface area contributed by atoms with E-state index in [9.17, 15) is 0 Å². The molecular weight excluding hydrogens is 230 g/mol. The molecule has 2 aromatic heterocycles. The Hall–Kier alpha value is -2.30. The normalized spacial score (nSPS) is 11.0. The van der Waals surface area contributed by atoms with Gasteiger partial charge in [-0.2, -0.15) is 0 Å². The zero-order valence-electron chi connectivity index (χ0n) is 10.3. The van der Waals surface area contributed by atoms with Crippen molar-refractivity contribution in [1.82, 2.24) is 14.8 Å². The van der Waals surface area contributed by atoms with Gasteiger partial charge in [-0.3, -0.25) is 0 Å². The first-order valence-corrected chi connectivity index (χ1v) is 5.69. The third-order valence-corrected chi connectivity index (χ3v) is 2.87. The molecule has 5 heteroatoms. The molecule has 0 radical (unpaired) electrons. The maximum Gasteiger partial charge on any atom is 0.236 e. The molecule has 3 aromatic rings. The van der Waals surface area contributed by atoms with E-state index in [1.54, 1.807) is 14.0 Å². The second kappa shape index (κ2) is 4.18. The van der Waals surface area contributed by atoms with E-state index in [1.165, 1.54) is 0 Å². The molecule has 2 heterocycles. The van der Waals surface area contributed by atoms with E-state index in [0.29, 0.717) is 18.3 Å². The van der Waals surface area contributed by atoms with Crippen LogP contribution in [-0.2, 0) is 6.54 Å². The zero-order chi connectivity index (χ0) is 12.5. The fourth-order valence-electron chi connectivity index (χ4n) is 2.06. The van der Waals surface area contributed by atoms with Crippen molar-refractivity contribution in [2.45, 2.75) is 13.5 Å². The third kappa shape index (κ3) is 1.73. The minimum atomic E-state index is 0.567. The van der Waals surface area contributed by atoms with E-state index >= 15 is 0 Å². The fourth-order valence-corrected chi connectivity index (χ4v) is 2.06. The lowest BCUT2D eigenvalue weighted by Crippen LogP contribution is -1.98. The Balaban J connectivity index is 2.02. The molecule has 0 spiro atoms. The maximum atomic E-state index is 5.39. The first-order chi connectivity index (χ1) is 8.78. The molecule has 0 unspecified atom stereocenters. The SMILES string of the molecule is COc1cccc2c1ccn2Cc1nnc(C)o1. The molecule has 5 nitrogen and oxygen atoms in total. The predicted molar refractivity (Wildman–Crippen MR) is 66.6 cm³/mol. The first kappa shape index (κ1) is 10.8. The average molecular weight is 243 g/mol. The molecule has 1 aromatic carbocycles. The predicted octanol–water partition coefficient (Wildman–Crippen LogP) is 2.39. The summed E-state index contributed by atoms with van der Waals surface area (Å²) in [5, 5.41) is 8.91. The van der Waals surface area contributed by atoms with E-state index in [1.807, 2.05) is 30.5 Å². The van der Waals surface area contributed by atoms with Crippen LogP contribution < -0.4 is 4.74 Å². The molecule has 0 amide bonds. The van der Waals surface area contributed by atoms with Crippen molar-refractivity contribution in [3.63, 3.8) is 0 Å². The molecular formula is C13H13N3O2. The van der Waals surface area contributed by atoms with E-state index in [2.05, 4.69) is 14.8 Å². The number of nitrogens with zero attached hydrogens (tertiary/aromatic N) is 3. The summed E-state index contributed by atoms with van der Waals surface area (Å²) in [6.07, 6.45) is 1.99. The Kier molecular flexibility index (Phi) is 2.51. The quantitative estimate of drug-likeness (QED) is 0.708. The molecule has 0 saturated heterocycles. The van der Waals surface area contributed by atoms with Gasteiger partial charge < -0.3 is 13.7 Å². The minimum absolute atomic E-state index is 0.567. The molecule has 3 rings (SSSR count). The highest BCUT2D eigenvalue weighted by Gasteiger charge is 2.08. The minimum Gasteiger partial charge on any atom is -0.496 e. The highest BCUT2D eigenvalue weighted by Crippen LogP contribution is 2.26. The first-order valence-electron chi connectivity index (χ1n) is 5.69. The van der Waals surface area contributed by atoms with E-state index < -0.39 is 0 Å². The number of ether oxygens (including phenoxy) is 1.